The Hall–Kier alpha value is -1.58. The Labute approximate surface area is 129 Å². The quantitative estimate of drug-likeness (QED) is 0.848. The fourth-order valence-electron chi connectivity index (χ4n) is 2.42. The lowest BCUT2D eigenvalue weighted by Gasteiger charge is -2.22. The van der Waals surface area contributed by atoms with E-state index in [0.29, 0.717) is 16.3 Å². The van der Waals surface area contributed by atoms with Gasteiger partial charge < -0.3 is 10.1 Å². The maximum Gasteiger partial charge on any atom is 0.131 e. The van der Waals surface area contributed by atoms with Crippen molar-refractivity contribution in [3.05, 3.63) is 64.4 Å². The number of methoxy groups -OCH3 is 1. The highest BCUT2D eigenvalue weighted by Crippen LogP contribution is 2.29. The Morgan fingerprint density at radius 1 is 1.05 bits per heavy atom. The van der Waals surface area contributed by atoms with Crippen LogP contribution in [-0.4, -0.2) is 7.11 Å². The molecule has 112 valence electrons. The van der Waals surface area contributed by atoms with Crippen LogP contribution in [0, 0.1) is 5.82 Å². The molecular weight excluding hydrogens is 289 g/mol. The SMILES string of the molecule is COc1cccc(F)c1C(C)N[C@H](C)c1ccc(Cl)cc1. The first-order valence-electron chi connectivity index (χ1n) is 6.87. The summed E-state index contributed by atoms with van der Waals surface area (Å²) in [4.78, 5) is 0. The zero-order valence-corrected chi connectivity index (χ0v) is 13.1. The van der Waals surface area contributed by atoms with Gasteiger partial charge in [-0.2, -0.15) is 0 Å². The van der Waals surface area contributed by atoms with Crippen LogP contribution in [0.3, 0.4) is 0 Å². The molecule has 0 fully saturated rings. The summed E-state index contributed by atoms with van der Waals surface area (Å²) in [5, 5.41) is 4.09. The van der Waals surface area contributed by atoms with Crippen LogP contribution in [0.1, 0.15) is 37.1 Å². The zero-order valence-electron chi connectivity index (χ0n) is 12.4. The van der Waals surface area contributed by atoms with E-state index in [1.165, 1.54) is 6.07 Å². The third-order valence-corrected chi connectivity index (χ3v) is 3.79. The predicted molar refractivity (Wildman–Crippen MR) is 84.4 cm³/mol. The van der Waals surface area contributed by atoms with Gasteiger partial charge in [-0.15, -0.1) is 0 Å². The van der Waals surface area contributed by atoms with Gasteiger partial charge in [0.2, 0.25) is 0 Å². The third kappa shape index (κ3) is 3.74. The number of hydrogen-bond donors (Lipinski definition) is 1. The topological polar surface area (TPSA) is 21.3 Å². The van der Waals surface area contributed by atoms with Crippen LogP contribution < -0.4 is 10.1 Å². The molecule has 0 amide bonds. The Morgan fingerprint density at radius 2 is 1.71 bits per heavy atom. The van der Waals surface area contributed by atoms with Crippen LogP contribution in [0.25, 0.3) is 0 Å². The molecule has 1 N–H and O–H groups in total. The van der Waals surface area contributed by atoms with Crippen molar-refractivity contribution < 1.29 is 9.13 Å². The average molecular weight is 308 g/mol. The molecule has 0 saturated carbocycles. The van der Waals surface area contributed by atoms with E-state index in [9.17, 15) is 4.39 Å². The molecule has 0 spiro atoms. The van der Waals surface area contributed by atoms with Crippen molar-refractivity contribution in [2.75, 3.05) is 7.11 Å². The summed E-state index contributed by atoms with van der Waals surface area (Å²) in [6.45, 7) is 3.96. The van der Waals surface area contributed by atoms with Gasteiger partial charge in [0.15, 0.2) is 0 Å². The highest BCUT2D eigenvalue weighted by molar-refractivity contribution is 6.30. The van der Waals surface area contributed by atoms with Crippen LogP contribution in [0.5, 0.6) is 5.75 Å². The maximum absolute atomic E-state index is 14.1. The number of benzene rings is 2. The molecule has 0 bridgehead atoms. The van der Waals surface area contributed by atoms with Gasteiger partial charge in [0.1, 0.15) is 11.6 Å². The minimum Gasteiger partial charge on any atom is -0.496 e. The standard InChI is InChI=1S/C17H19ClFNO/c1-11(13-7-9-14(18)10-8-13)20-12(2)17-15(19)5-4-6-16(17)21-3/h4-12,20H,1-3H3/t11-,12?/m1/s1. The number of halogens is 2. The zero-order chi connectivity index (χ0) is 15.4. The van der Waals surface area contributed by atoms with E-state index < -0.39 is 0 Å². The summed E-state index contributed by atoms with van der Waals surface area (Å²) in [5.41, 5.74) is 1.64. The van der Waals surface area contributed by atoms with Crippen molar-refractivity contribution in [2.45, 2.75) is 25.9 Å². The largest absolute Gasteiger partial charge is 0.496 e. The first kappa shape index (κ1) is 15.8. The maximum atomic E-state index is 14.1. The van der Waals surface area contributed by atoms with Gasteiger partial charge in [0.05, 0.1) is 7.11 Å². The molecule has 0 aliphatic carbocycles. The minimum absolute atomic E-state index is 0.0709. The molecular formula is C17H19ClFNO. The lowest BCUT2D eigenvalue weighted by atomic mass is 10.0. The molecule has 0 aliphatic heterocycles. The highest BCUT2D eigenvalue weighted by atomic mass is 35.5. The Balaban J connectivity index is 2.18. The van der Waals surface area contributed by atoms with E-state index in [0.717, 1.165) is 5.56 Å². The van der Waals surface area contributed by atoms with Gasteiger partial charge in [0.25, 0.3) is 0 Å². The highest BCUT2D eigenvalue weighted by Gasteiger charge is 2.18. The second kappa shape index (κ2) is 6.92. The normalized spacial score (nSPS) is 13.8. The summed E-state index contributed by atoms with van der Waals surface area (Å²) in [7, 11) is 1.55. The van der Waals surface area contributed by atoms with Crippen molar-refractivity contribution in [1.29, 1.82) is 0 Å². The van der Waals surface area contributed by atoms with Crippen LogP contribution in [0.15, 0.2) is 42.5 Å². The lowest BCUT2D eigenvalue weighted by Crippen LogP contribution is -2.23. The Bertz CT molecular complexity index is 600. The first-order chi connectivity index (χ1) is 10.0. The van der Waals surface area contributed by atoms with Crippen LogP contribution in [-0.2, 0) is 0 Å². The second-order valence-corrected chi connectivity index (χ2v) is 5.45. The molecule has 21 heavy (non-hydrogen) atoms. The Kier molecular flexibility index (Phi) is 5.21. The van der Waals surface area contributed by atoms with E-state index in [-0.39, 0.29) is 17.9 Å². The van der Waals surface area contributed by atoms with Crippen molar-refractivity contribution in [3.63, 3.8) is 0 Å². The summed E-state index contributed by atoms with van der Waals surface area (Å²) in [6, 6.07) is 12.4. The molecule has 0 aliphatic rings. The first-order valence-corrected chi connectivity index (χ1v) is 7.24. The van der Waals surface area contributed by atoms with E-state index in [4.69, 9.17) is 16.3 Å². The fraction of sp³-hybridized carbons (Fsp3) is 0.294. The molecule has 2 nitrogen and oxygen atoms in total. The van der Waals surface area contributed by atoms with Crippen LogP contribution in [0.4, 0.5) is 4.39 Å². The number of hydrogen-bond acceptors (Lipinski definition) is 2. The van der Waals surface area contributed by atoms with Crippen molar-refractivity contribution >= 4 is 11.6 Å². The Morgan fingerprint density at radius 3 is 2.33 bits per heavy atom. The number of rotatable bonds is 5. The van der Waals surface area contributed by atoms with E-state index in [2.05, 4.69) is 5.32 Å². The van der Waals surface area contributed by atoms with Gasteiger partial charge in [-0.25, -0.2) is 4.39 Å². The van der Waals surface area contributed by atoms with Gasteiger partial charge >= 0.3 is 0 Å². The molecule has 2 aromatic rings. The smallest absolute Gasteiger partial charge is 0.131 e. The van der Waals surface area contributed by atoms with E-state index in [1.807, 2.05) is 38.1 Å². The lowest BCUT2D eigenvalue weighted by molar-refractivity contribution is 0.387. The monoisotopic (exact) mass is 307 g/mol. The van der Waals surface area contributed by atoms with Crippen molar-refractivity contribution in [1.82, 2.24) is 5.32 Å². The molecule has 2 atom stereocenters. The minimum atomic E-state index is -0.266. The van der Waals surface area contributed by atoms with Crippen LogP contribution >= 0.6 is 11.6 Å². The average Bonchev–Trinajstić information content (AvgIpc) is 2.47. The number of ether oxygens (including phenoxy) is 1. The summed E-state index contributed by atoms with van der Waals surface area (Å²) in [6.07, 6.45) is 0. The van der Waals surface area contributed by atoms with Gasteiger partial charge in [-0.1, -0.05) is 29.8 Å². The molecule has 0 radical (unpaired) electrons. The molecule has 0 heterocycles. The van der Waals surface area contributed by atoms with Gasteiger partial charge in [-0.05, 0) is 43.7 Å². The van der Waals surface area contributed by atoms with Gasteiger partial charge in [0, 0.05) is 22.7 Å². The van der Waals surface area contributed by atoms with E-state index in [1.54, 1.807) is 19.2 Å². The van der Waals surface area contributed by atoms with Crippen molar-refractivity contribution in [3.8, 4) is 5.75 Å². The van der Waals surface area contributed by atoms with Gasteiger partial charge in [-0.3, -0.25) is 0 Å². The summed E-state index contributed by atoms with van der Waals surface area (Å²) < 4.78 is 19.3. The molecule has 0 saturated heterocycles. The van der Waals surface area contributed by atoms with Crippen molar-refractivity contribution in [2.24, 2.45) is 0 Å². The third-order valence-electron chi connectivity index (χ3n) is 3.54. The molecule has 2 rings (SSSR count). The fourth-order valence-corrected chi connectivity index (χ4v) is 2.55. The molecule has 4 heteroatoms. The molecule has 2 aromatic carbocycles. The van der Waals surface area contributed by atoms with E-state index >= 15 is 0 Å². The second-order valence-electron chi connectivity index (χ2n) is 5.02. The summed E-state index contributed by atoms with van der Waals surface area (Å²) >= 11 is 5.89. The predicted octanol–water partition coefficient (Wildman–Crippen LogP) is 4.90. The summed E-state index contributed by atoms with van der Waals surface area (Å²) in [5.74, 6) is 0.288. The molecule has 1 unspecified atom stereocenters. The molecule has 0 aromatic heterocycles. The number of nitrogens with one attached hydrogen (secondary N) is 1. The van der Waals surface area contributed by atoms with Crippen LogP contribution in [0.2, 0.25) is 5.02 Å².